The first-order chi connectivity index (χ1) is 8.26. The van der Waals surface area contributed by atoms with Crippen molar-refractivity contribution in [2.45, 2.75) is 19.6 Å². The van der Waals surface area contributed by atoms with E-state index < -0.39 is 6.10 Å². The molecule has 0 bridgehead atoms. The molecule has 1 aromatic rings. The van der Waals surface area contributed by atoms with Crippen molar-refractivity contribution >= 4 is 0 Å². The zero-order valence-corrected chi connectivity index (χ0v) is 10.0. The smallest absolute Gasteiger partial charge is 0.0991 e. The van der Waals surface area contributed by atoms with Gasteiger partial charge in [0.1, 0.15) is 0 Å². The highest BCUT2D eigenvalue weighted by Crippen LogP contribution is 2.02. The molecule has 0 saturated carbocycles. The van der Waals surface area contributed by atoms with E-state index >= 15 is 0 Å². The van der Waals surface area contributed by atoms with Crippen molar-refractivity contribution in [3.8, 4) is 6.07 Å². The fourth-order valence-electron chi connectivity index (χ4n) is 1.39. The molecule has 0 aliphatic rings. The lowest BCUT2D eigenvalue weighted by Gasteiger charge is -2.11. The summed E-state index contributed by atoms with van der Waals surface area (Å²) in [5.74, 6) is 0. The van der Waals surface area contributed by atoms with Gasteiger partial charge in [-0.2, -0.15) is 5.26 Å². The van der Waals surface area contributed by atoms with Gasteiger partial charge in [-0.3, -0.25) is 0 Å². The first kappa shape index (κ1) is 13.7. The van der Waals surface area contributed by atoms with Gasteiger partial charge in [0.25, 0.3) is 0 Å². The number of nitrogens with zero attached hydrogens (tertiary/aromatic N) is 1. The molecule has 0 spiro atoms. The SMILES string of the molecule is CCOCC(O)CNCc1ccc(C#N)cc1. The second kappa shape index (κ2) is 7.80. The summed E-state index contributed by atoms with van der Waals surface area (Å²) in [6.45, 7) is 4.05. The predicted octanol–water partition coefficient (Wildman–Crippen LogP) is 1.05. The Morgan fingerprint density at radius 3 is 2.71 bits per heavy atom. The fourth-order valence-corrected chi connectivity index (χ4v) is 1.39. The summed E-state index contributed by atoms with van der Waals surface area (Å²) in [6, 6.07) is 9.45. The molecule has 1 unspecified atom stereocenters. The number of aliphatic hydroxyl groups is 1. The van der Waals surface area contributed by atoms with Gasteiger partial charge in [-0.15, -0.1) is 0 Å². The standard InChI is InChI=1S/C13H18N2O2/c1-2-17-10-13(16)9-15-8-12-5-3-11(7-14)4-6-12/h3-6,13,15-16H,2,8-10H2,1H3. The van der Waals surface area contributed by atoms with Gasteiger partial charge in [-0.25, -0.2) is 0 Å². The van der Waals surface area contributed by atoms with Gasteiger partial charge in [-0.1, -0.05) is 12.1 Å². The van der Waals surface area contributed by atoms with E-state index in [0.29, 0.717) is 31.9 Å². The maximum Gasteiger partial charge on any atom is 0.0991 e. The van der Waals surface area contributed by atoms with Gasteiger partial charge in [-0.05, 0) is 24.6 Å². The number of hydrogen-bond acceptors (Lipinski definition) is 4. The molecule has 0 saturated heterocycles. The number of benzene rings is 1. The normalized spacial score (nSPS) is 12.1. The quantitative estimate of drug-likeness (QED) is 0.740. The molecule has 4 heteroatoms. The predicted molar refractivity (Wildman–Crippen MR) is 65.4 cm³/mol. The third kappa shape index (κ3) is 5.45. The van der Waals surface area contributed by atoms with Gasteiger partial charge in [0.05, 0.1) is 24.3 Å². The number of nitrogens with one attached hydrogen (secondary N) is 1. The number of rotatable bonds is 7. The van der Waals surface area contributed by atoms with Gasteiger partial charge < -0.3 is 15.2 Å². The Balaban J connectivity index is 2.24. The van der Waals surface area contributed by atoms with Crippen LogP contribution in [-0.4, -0.2) is 31.0 Å². The monoisotopic (exact) mass is 234 g/mol. The summed E-state index contributed by atoms with van der Waals surface area (Å²) < 4.78 is 5.10. The molecule has 92 valence electrons. The molecule has 0 heterocycles. The van der Waals surface area contributed by atoms with Crippen molar-refractivity contribution in [1.82, 2.24) is 5.32 Å². The Kier molecular flexibility index (Phi) is 6.26. The van der Waals surface area contributed by atoms with Crippen LogP contribution in [0.5, 0.6) is 0 Å². The summed E-state index contributed by atoms with van der Waals surface area (Å²) >= 11 is 0. The van der Waals surface area contributed by atoms with E-state index in [2.05, 4.69) is 11.4 Å². The van der Waals surface area contributed by atoms with E-state index in [1.807, 2.05) is 19.1 Å². The highest BCUT2D eigenvalue weighted by atomic mass is 16.5. The minimum atomic E-state index is -0.478. The zero-order valence-electron chi connectivity index (χ0n) is 10.0. The molecule has 4 nitrogen and oxygen atoms in total. The molecule has 0 radical (unpaired) electrons. The second-order valence-corrected chi connectivity index (χ2v) is 3.75. The van der Waals surface area contributed by atoms with E-state index in [9.17, 15) is 5.11 Å². The molecule has 0 aliphatic carbocycles. The first-order valence-corrected chi connectivity index (χ1v) is 5.71. The molecule has 0 fully saturated rings. The molecule has 1 aromatic carbocycles. The van der Waals surface area contributed by atoms with E-state index in [0.717, 1.165) is 5.56 Å². The van der Waals surface area contributed by atoms with Crippen molar-refractivity contribution in [1.29, 1.82) is 5.26 Å². The molecule has 0 aliphatic heterocycles. The van der Waals surface area contributed by atoms with E-state index in [1.54, 1.807) is 12.1 Å². The van der Waals surface area contributed by atoms with Crippen LogP contribution in [-0.2, 0) is 11.3 Å². The Hall–Kier alpha value is -1.41. The van der Waals surface area contributed by atoms with Crippen molar-refractivity contribution in [2.24, 2.45) is 0 Å². The summed E-state index contributed by atoms with van der Waals surface area (Å²) in [5, 5.41) is 21.3. The summed E-state index contributed by atoms with van der Waals surface area (Å²) in [6.07, 6.45) is -0.478. The molecular weight excluding hydrogens is 216 g/mol. The second-order valence-electron chi connectivity index (χ2n) is 3.75. The lowest BCUT2D eigenvalue weighted by atomic mass is 10.1. The number of nitriles is 1. The van der Waals surface area contributed by atoms with Crippen molar-refractivity contribution in [3.63, 3.8) is 0 Å². The molecule has 0 aromatic heterocycles. The van der Waals surface area contributed by atoms with Crippen LogP contribution in [0, 0.1) is 11.3 Å². The molecule has 17 heavy (non-hydrogen) atoms. The molecule has 1 atom stereocenters. The van der Waals surface area contributed by atoms with Crippen LogP contribution in [0.1, 0.15) is 18.1 Å². The first-order valence-electron chi connectivity index (χ1n) is 5.71. The summed E-state index contributed by atoms with van der Waals surface area (Å²) in [7, 11) is 0. The lowest BCUT2D eigenvalue weighted by molar-refractivity contribution is 0.0427. The van der Waals surface area contributed by atoms with Crippen molar-refractivity contribution in [2.75, 3.05) is 19.8 Å². The highest BCUT2D eigenvalue weighted by molar-refractivity contribution is 5.31. The Bertz CT molecular complexity index is 357. The topological polar surface area (TPSA) is 65.3 Å². The van der Waals surface area contributed by atoms with Crippen molar-refractivity contribution in [3.05, 3.63) is 35.4 Å². The van der Waals surface area contributed by atoms with E-state index in [-0.39, 0.29) is 0 Å². The van der Waals surface area contributed by atoms with Crippen LogP contribution >= 0.6 is 0 Å². The maximum absolute atomic E-state index is 9.51. The Labute approximate surface area is 102 Å². The number of aliphatic hydroxyl groups excluding tert-OH is 1. The Morgan fingerprint density at radius 2 is 2.12 bits per heavy atom. The average Bonchev–Trinajstić information content (AvgIpc) is 2.37. The van der Waals surface area contributed by atoms with Gasteiger partial charge in [0.15, 0.2) is 0 Å². The van der Waals surface area contributed by atoms with E-state index in [1.165, 1.54) is 0 Å². The van der Waals surface area contributed by atoms with Crippen LogP contribution in [0.2, 0.25) is 0 Å². The van der Waals surface area contributed by atoms with Gasteiger partial charge >= 0.3 is 0 Å². The van der Waals surface area contributed by atoms with Crippen LogP contribution in [0.15, 0.2) is 24.3 Å². The van der Waals surface area contributed by atoms with Crippen LogP contribution in [0.3, 0.4) is 0 Å². The average molecular weight is 234 g/mol. The molecular formula is C13H18N2O2. The number of hydrogen-bond donors (Lipinski definition) is 2. The van der Waals surface area contributed by atoms with E-state index in [4.69, 9.17) is 10.00 Å². The Morgan fingerprint density at radius 1 is 1.41 bits per heavy atom. The van der Waals surface area contributed by atoms with Crippen LogP contribution in [0.4, 0.5) is 0 Å². The lowest BCUT2D eigenvalue weighted by Crippen LogP contribution is -2.30. The largest absolute Gasteiger partial charge is 0.389 e. The summed E-state index contributed by atoms with van der Waals surface area (Å²) in [5.41, 5.74) is 1.75. The third-order valence-corrected chi connectivity index (χ3v) is 2.31. The van der Waals surface area contributed by atoms with Gasteiger partial charge in [0.2, 0.25) is 0 Å². The minimum absolute atomic E-state index is 0.358. The van der Waals surface area contributed by atoms with Gasteiger partial charge in [0, 0.05) is 19.7 Å². The molecule has 1 rings (SSSR count). The minimum Gasteiger partial charge on any atom is -0.389 e. The zero-order chi connectivity index (χ0) is 12.5. The molecule has 2 N–H and O–H groups in total. The number of ether oxygens (including phenoxy) is 1. The van der Waals surface area contributed by atoms with Crippen LogP contribution < -0.4 is 5.32 Å². The maximum atomic E-state index is 9.51. The third-order valence-electron chi connectivity index (χ3n) is 2.31. The highest BCUT2D eigenvalue weighted by Gasteiger charge is 2.02. The van der Waals surface area contributed by atoms with Crippen molar-refractivity contribution < 1.29 is 9.84 Å². The van der Waals surface area contributed by atoms with Crippen LogP contribution in [0.25, 0.3) is 0 Å². The summed E-state index contributed by atoms with van der Waals surface area (Å²) in [4.78, 5) is 0. The molecule has 0 amide bonds. The fraction of sp³-hybridized carbons (Fsp3) is 0.462.